The summed E-state index contributed by atoms with van der Waals surface area (Å²) in [6, 6.07) is 0. The van der Waals surface area contributed by atoms with Gasteiger partial charge in [-0.2, -0.15) is 0 Å². The SMILES string of the molecule is CC1=C(/C=C/C(C)=C/C=C/C(C)=C/C=C/C=C(C)/C=C/C=C(C)/C=C/[C@@H](O)C2(C)C[C@@H](O)CC2(C)C)C(C)(C)C[C@H](O)C1. The van der Waals surface area contributed by atoms with Gasteiger partial charge in [-0.05, 0) is 76.7 Å². The van der Waals surface area contributed by atoms with Gasteiger partial charge in [-0.15, -0.1) is 0 Å². The predicted octanol–water partition coefficient (Wildman–Crippen LogP) is 9.60. The van der Waals surface area contributed by atoms with E-state index in [1.165, 1.54) is 22.3 Å². The van der Waals surface area contributed by atoms with E-state index in [0.29, 0.717) is 6.42 Å². The molecule has 2 aliphatic rings. The summed E-state index contributed by atoms with van der Waals surface area (Å²) in [4.78, 5) is 0. The third kappa shape index (κ3) is 11.1. The molecule has 4 atom stereocenters. The molecule has 0 aromatic rings. The maximum Gasteiger partial charge on any atom is 0.0783 e. The van der Waals surface area contributed by atoms with Crippen LogP contribution in [0.4, 0.5) is 0 Å². The molecule has 0 aliphatic heterocycles. The van der Waals surface area contributed by atoms with Crippen molar-refractivity contribution in [1.29, 1.82) is 0 Å². The van der Waals surface area contributed by atoms with E-state index in [1.807, 2.05) is 37.3 Å². The number of hydrogen-bond acceptors (Lipinski definition) is 3. The van der Waals surface area contributed by atoms with Crippen molar-refractivity contribution < 1.29 is 15.3 Å². The maximum atomic E-state index is 10.9. The van der Waals surface area contributed by atoms with Crippen molar-refractivity contribution in [2.45, 2.75) is 113 Å². The molecule has 2 rings (SSSR count). The molecular weight excluding hydrogens is 528 g/mol. The Hall–Kier alpha value is -2.72. The number of aliphatic hydroxyl groups is 3. The minimum absolute atomic E-state index is 0.00246. The highest BCUT2D eigenvalue weighted by atomic mass is 16.3. The van der Waals surface area contributed by atoms with E-state index >= 15 is 0 Å². The van der Waals surface area contributed by atoms with Crippen molar-refractivity contribution in [2.24, 2.45) is 16.2 Å². The fourth-order valence-electron chi connectivity index (χ4n) is 6.37. The first kappa shape index (κ1) is 36.5. The molecule has 3 N–H and O–H groups in total. The van der Waals surface area contributed by atoms with Crippen LogP contribution >= 0.6 is 0 Å². The Bertz CT molecular complexity index is 1270. The zero-order valence-corrected chi connectivity index (χ0v) is 28.5. The van der Waals surface area contributed by atoms with Crippen LogP contribution in [-0.4, -0.2) is 33.6 Å². The maximum absolute atomic E-state index is 10.9. The highest BCUT2D eigenvalue weighted by Gasteiger charge is 2.52. The van der Waals surface area contributed by atoms with Crippen LogP contribution in [0.5, 0.6) is 0 Å². The van der Waals surface area contributed by atoms with E-state index in [-0.39, 0.29) is 28.5 Å². The first-order valence-corrected chi connectivity index (χ1v) is 15.8. The fraction of sp³-hybridized carbons (Fsp3) is 0.500. The van der Waals surface area contributed by atoms with Crippen molar-refractivity contribution >= 4 is 0 Å². The molecule has 0 amide bonds. The van der Waals surface area contributed by atoms with Gasteiger partial charge in [-0.1, -0.05) is 148 Å². The Morgan fingerprint density at radius 1 is 0.674 bits per heavy atom. The molecule has 3 nitrogen and oxygen atoms in total. The van der Waals surface area contributed by atoms with Gasteiger partial charge in [0, 0.05) is 5.41 Å². The van der Waals surface area contributed by atoms with Gasteiger partial charge in [0.25, 0.3) is 0 Å². The van der Waals surface area contributed by atoms with Crippen molar-refractivity contribution in [3.8, 4) is 0 Å². The summed E-state index contributed by atoms with van der Waals surface area (Å²) < 4.78 is 0. The van der Waals surface area contributed by atoms with Crippen LogP contribution in [0.3, 0.4) is 0 Å². The largest absolute Gasteiger partial charge is 0.393 e. The van der Waals surface area contributed by atoms with Gasteiger partial charge in [0.05, 0.1) is 18.3 Å². The van der Waals surface area contributed by atoms with Crippen molar-refractivity contribution in [1.82, 2.24) is 0 Å². The van der Waals surface area contributed by atoms with E-state index < -0.39 is 6.10 Å². The Morgan fingerprint density at radius 3 is 1.65 bits per heavy atom. The lowest BCUT2D eigenvalue weighted by molar-refractivity contribution is -0.000365. The highest BCUT2D eigenvalue weighted by molar-refractivity contribution is 5.38. The molecule has 2 aliphatic carbocycles. The van der Waals surface area contributed by atoms with Crippen molar-refractivity contribution in [3.63, 3.8) is 0 Å². The Morgan fingerprint density at radius 2 is 1.16 bits per heavy atom. The molecule has 236 valence electrons. The van der Waals surface area contributed by atoms with E-state index in [4.69, 9.17) is 0 Å². The lowest BCUT2D eigenvalue weighted by Crippen LogP contribution is -2.39. The Balaban J connectivity index is 1.88. The van der Waals surface area contributed by atoms with Crippen LogP contribution in [0.25, 0.3) is 0 Å². The highest BCUT2D eigenvalue weighted by Crippen LogP contribution is 2.54. The topological polar surface area (TPSA) is 60.7 Å². The van der Waals surface area contributed by atoms with E-state index in [9.17, 15) is 15.3 Å². The minimum Gasteiger partial charge on any atom is -0.393 e. The summed E-state index contributed by atoms with van der Waals surface area (Å²) in [5, 5.41) is 31.1. The van der Waals surface area contributed by atoms with Crippen LogP contribution in [0.1, 0.15) is 94.9 Å². The first-order chi connectivity index (χ1) is 20.0. The molecule has 1 fully saturated rings. The van der Waals surface area contributed by atoms with Crippen LogP contribution in [0.15, 0.2) is 119 Å². The molecule has 0 spiro atoms. The molecule has 0 heterocycles. The third-order valence-corrected chi connectivity index (χ3v) is 9.40. The minimum atomic E-state index is -0.598. The molecule has 0 aromatic carbocycles. The molecule has 1 saturated carbocycles. The van der Waals surface area contributed by atoms with Crippen LogP contribution in [0.2, 0.25) is 0 Å². The summed E-state index contributed by atoms with van der Waals surface area (Å²) >= 11 is 0. The Labute approximate surface area is 262 Å². The van der Waals surface area contributed by atoms with E-state index in [1.54, 1.807) is 0 Å². The molecule has 43 heavy (non-hydrogen) atoms. The second-order valence-electron chi connectivity index (χ2n) is 14.4. The van der Waals surface area contributed by atoms with Crippen molar-refractivity contribution in [3.05, 3.63) is 119 Å². The summed E-state index contributed by atoms with van der Waals surface area (Å²) in [5.74, 6) is 0. The van der Waals surface area contributed by atoms with E-state index in [2.05, 4.69) is 117 Å². The molecule has 1 unspecified atom stereocenters. The third-order valence-electron chi connectivity index (χ3n) is 9.40. The summed E-state index contributed by atoms with van der Waals surface area (Å²) in [5.41, 5.74) is 6.74. The van der Waals surface area contributed by atoms with E-state index in [0.717, 1.165) is 30.4 Å². The van der Waals surface area contributed by atoms with Crippen molar-refractivity contribution in [2.75, 3.05) is 0 Å². The summed E-state index contributed by atoms with van der Waals surface area (Å²) in [6.07, 6.45) is 30.7. The van der Waals surface area contributed by atoms with Crippen LogP contribution < -0.4 is 0 Å². The van der Waals surface area contributed by atoms with Gasteiger partial charge >= 0.3 is 0 Å². The molecule has 3 heteroatoms. The molecular formula is C40H58O3. The van der Waals surface area contributed by atoms with Gasteiger partial charge in [-0.3, -0.25) is 0 Å². The zero-order chi connectivity index (χ0) is 32.4. The Kier molecular flexibility index (Phi) is 13.4. The number of hydrogen-bond donors (Lipinski definition) is 3. The van der Waals surface area contributed by atoms with Gasteiger partial charge in [0.1, 0.15) is 0 Å². The molecule has 0 radical (unpaired) electrons. The van der Waals surface area contributed by atoms with Crippen LogP contribution in [0, 0.1) is 16.2 Å². The average Bonchev–Trinajstić information content (AvgIpc) is 3.10. The second-order valence-corrected chi connectivity index (χ2v) is 14.4. The normalized spacial score (nSPS) is 28.6. The van der Waals surface area contributed by atoms with Gasteiger partial charge in [0.2, 0.25) is 0 Å². The van der Waals surface area contributed by atoms with Gasteiger partial charge in [-0.25, -0.2) is 0 Å². The average molecular weight is 587 g/mol. The molecule has 0 aromatic heterocycles. The summed E-state index contributed by atoms with van der Waals surface area (Å²) in [7, 11) is 0. The molecule has 0 saturated heterocycles. The monoisotopic (exact) mass is 586 g/mol. The standard InChI is InChI=1S/C40H58O3/c1-29(17-13-19-31(3)21-23-36-33(5)25-34(41)26-38(36,6)7)15-11-12-16-30(2)18-14-20-32(4)22-24-37(43)40(10)28-35(42)27-39(40,8)9/h11-24,34-35,37,41-43H,25-28H2,1-10H3/b12-11+,17-13+,18-14+,23-21+,24-22+,29-15+,30-16+,31-19+,32-20+/t34-,35+,37-,40?/m1/s1. The predicted molar refractivity (Wildman–Crippen MR) is 186 cm³/mol. The number of aliphatic hydroxyl groups excluding tert-OH is 3. The number of rotatable bonds is 11. The lowest BCUT2D eigenvalue weighted by atomic mass is 9.66. The number of allylic oxidation sites excluding steroid dienone is 18. The zero-order valence-electron chi connectivity index (χ0n) is 28.5. The smallest absolute Gasteiger partial charge is 0.0783 e. The fourth-order valence-corrected chi connectivity index (χ4v) is 6.37. The quantitative estimate of drug-likeness (QED) is 0.211. The second kappa shape index (κ2) is 15.8. The van der Waals surface area contributed by atoms with Gasteiger partial charge in [0.15, 0.2) is 0 Å². The first-order valence-electron chi connectivity index (χ1n) is 15.8. The van der Waals surface area contributed by atoms with Crippen LogP contribution in [-0.2, 0) is 0 Å². The molecule has 0 bridgehead atoms. The van der Waals surface area contributed by atoms with Gasteiger partial charge < -0.3 is 15.3 Å². The summed E-state index contributed by atoms with van der Waals surface area (Å²) in [6.45, 7) is 21.2. The lowest BCUT2D eigenvalue weighted by Gasteiger charge is -2.40.